The highest BCUT2D eigenvalue weighted by molar-refractivity contribution is 5.78. The predicted octanol–water partition coefficient (Wildman–Crippen LogP) is 5.85. The van der Waals surface area contributed by atoms with Gasteiger partial charge in [0.15, 0.2) is 17.2 Å². The van der Waals surface area contributed by atoms with Crippen molar-refractivity contribution in [1.82, 2.24) is 14.6 Å². The van der Waals surface area contributed by atoms with Gasteiger partial charge in [-0.05, 0) is 57.4 Å². The number of ether oxygens (including phenoxy) is 2. The van der Waals surface area contributed by atoms with Crippen LogP contribution in [0.5, 0.6) is 5.75 Å². The van der Waals surface area contributed by atoms with Crippen LogP contribution in [0.2, 0.25) is 0 Å². The van der Waals surface area contributed by atoms with Crippen molar-refractivity contribution in [1.29, 1.82) is 0 Å². The summed E-state index contributed by atoms with van der Waals surface area (Å²) >= 11 is 0. The number of piperidine rings is 1. The molecule has 8 nitrogen and oxygen atoms in total. The van der Waals surface area contributed by atoms with Gasteiger partial charge in [-0.15, -0.1) is 0 Å². The molecule has 0 aliphatic carbocycles. The standard InChI is InChI=1S/C32H33FN4O4/c1-20-7-6-16-40-32(3)12-14-36(15-13-32)31-25(18-29(38)39)21(2)34-28-19-27(35-37(28)31)23-9-4-8-22(17-23)24-10-5-11-26(33)30(24)41-20/h4-11,17,19-20H,12-16,18H2,1-3H3,(H,38,39)/b7-6+. The average Bonchev–Trinajstić information content (AvgIpc) is 3.36. The fraction of sp³-hybridized carbons (Fsp3) is 0.344. The number of carboxylic acids is 1. The Morgan fingerprint density at radius 1 is 1.15 bits per heavy atom. The molecule has 1 fully saturated rings. The third kappa shape index (κ3) is 5.29. The van der Waals surface area contributed by atoms with E-state index in [-0.39, 0.29) is 23.9 Å². The molecule has 3 aliphatic rings. The Morgan fingerprint density at radius 2 is 1.90 bits per heavy atom. The van der Waals surface area contributed by atoms with E-state index in [0.717, 1.165) is 29.8 Å². The Bertz CT molecular complexity index is 1660. The summed E-state index contributed by atoms with van der Waals surface area (Å²) in [5.41, 5.74) is 4.57. The Hall–Kier alpha value is -4.24. The summed E-state index contributed by atoms with van der Waals surface area (Å²) in [4.78, 5) is 18.8. The Kier molecular flexibility index (Phi) is 6.99. The number of rotatable bonds is 2. The zero-order valence-electron chi connectivity index (χ0n) is 23.4. The van der Waals surface area contributed by atoms with Crippen LogP contribution in [0.1, 0.15) is 37.9 Å². The van der Waals surface area contributed by atoms with Crippen LogP contribution >= 0.6 is 0 Å². The lowest BCUT2D eigenvalue weighted by Crippen LogP contribution is -2.45. The van der Waals surface area contributed by atoms with E-state index < -0.39 is 11.8 Å². The molecule has 212 valence electrons. The minimum atomic E-state index is -0.916. The summed E-state index contributed by atoms with van der Waals surface area (Å²) in [5, 5.41) is 14.7. The van der Waals surface area contributed by atoms with E-state index in [2.05, 4.69) is 11.8 Å². The number of halogens is 1. The Balaban J connectivity index is 1.54. The fourth-order valence-corrected chi connectivity index (χ4v) is 5.72. The zero-order valence-corrected chi connectivity index (χ0v) is 23.4. The minimum absolute atomic E-state index is 0.148. The van der Waals surface area contributed by atoms with E-state index in [1.807, 2.05) is 62.4 Å². The summed E-state index contributed by atoms with van der Waals surface area (Å²) in [6.07, 6.45) is 4.81. The monoisotopic (exact) mass is 556 g/mol. The first-order chi connectivity index (χ1) is 19.7. The molecular weight excluding hydrogens is 523 g/mol. The molecule has 5 heterocycles. The van der Waals surface area contributed by atoms with Gasteiger partial charge in [0.25, 0.3) is 0 Å². The number of nitrogens with zero attached hydrogens (tertiary/aromatic N) is 4. The van der Waals surface area contributed by atoms with E-state index >= 15 is 4.39 Å². The van der Waals surface area contributed by atoms with Gasteiger partial charge in [-0.3, -0.25) is 4.79 Å². The molecule has 1 unspecified atom stereocenters. The van der Waals surface area contributed by atoms with Gasteiger partial charge in [-0.1, -0.05) is 36.4 Å². The smallest absolute Gasteiger partial charge is 0.308 e. The molecule has 0 radical (unpaired) electrons. The molecule has 1 N–H and O–H groups in total. The molecular formula is C32H33FN4O4. The van der Waals surface area contributed by atoms with Gasteiger partial charge in [-0.2, -0.15) is 9.61 Å². The number of hydrogen-bond donors (Lipinski definition) is 1. The van der Waals surface area contributed by atoms with Crippen molar-refractivity contribution in [3.8, 4) is 28.1 Å². The SMILES string of the molecule is Cc1nc2cc3nn2c(c1CC(=O)O)N1CCC(C)(CC1)OC/C=C/C(C)Oc1c(F)cccc1-c1cccc-3c1. The van der Waals surface area contributed by atoms with Crippen LogP contribution in [0.15, 0.2) is 60.7 Å². The number of benzene rings is 2. The Labute approximate surface area is 238 Å². The summed E-state index contributed by atoms with van der Waals surface area (Å²) < 4.78 is 29.2. The van der Waals surface area contributed by atoms with Crippen LogP contribution in [0.25, 0.3) is 28.0 Å². The lowest BCUT2D eigenvalue weighted by molar-refractivity contribution is -0.136. The van der Waals surface area contributed by atoms with Gasteiger partial charge < -0.3 is 19.5 Å². The normalized spacial score (nSPS) is 21.6. The van der Waals surface area contributed by atoms with Crippen molar-refractivity contribution < 1.29 is 23.8 Å². The van der Waals surface area contributed by atoms with Crippen molar-refractivity contribution in [2.24, 2.45) is 0 Å². The van der Waals surface area contributed by atoms with Crippen molar-refractivity contribution >= 4 is 17.4 Å². The number of hydrogen-bond acceptors (Lipinski definition) is 6. The molecule has 0 saturated carbocycles. The zero-order chi connectivity index (χ0) is 28.7. The van der Waals surface area contributed by atoms with Gasteiger partial charge in [-0.25, -0.2) is 9.37 Å². The van der Waals surface area contributed by atoms with Crippen LogP contribution in [0.3, 0.4) is 0 Å². The second kappa shape index (κ2) is 10.6. The maximum absolute atomic E-state index is 15.1. The largest absolute Gasteiger partial charge is 0.483 e. The molecule has 0 spiro atoms. The third-order valence-corrected chi connectivity index (χ3v) is 8.00. The van der Waals surface area contributed by atoms with E-state index in [9.17, 15) is 9.90 Å². The molecule has 7 rings (SSSR count). The van der Waals surface area contributed by atoms with Gasteiger partial charge in [0.05, 0.1) is 24.3 Å². The number of para-hydroxylation sites is 1. The minimum Gasteiger partial charge on any atom is -0.483 e. The summed E-state index contributed by atoms with van der Waals surface area (Å²) in [7, 11) is 0. The highest BCUT2D eigenvalue weighted by Crippen LogP contribution is 2.37. The van der Waals surface area contributed by atoms with E-state index in [0.29, 0.717) is 47.9 Å². The van der Waals surface area contributed by atoms with Crippen LogP contribution < -0.4 is 9.64 Å². The molecule has 41 heavy (non-hydrogen) atoms. The lowest BCUT2D eigenvalue weighted by atomic mass is 9.93. The molecule has 0 amide bonds. The van der Waals surface area contributed by atoms with Crippen LogP contribution in [-0.2, 0) is 16.0 Å². The number of aryl methyl sites for hydroxylation is 1. The molecule has 6 bridgehead atoms. The van der Waals surface area contributed by atoms with E-state index in [1.165, 1.54) is 6.07 Å². The van der Waals surface area contributed by atoms with Crippen LogP contribution in [-0.4, -0.2) is 57.1 Å². The van der Waals surface area contributed by atoms with Gasteiger partial charge in [0, 0.05) is 41.5 Å². The lowest BCUT2D eigenvalue weighted by Gasteiger charge is -2.40. The number of anilines is 1. The molecule has 2 aromatic carbocycles. The molecule has 9 heteroatoms. The highest BCUT2D eigenvalue weighted by atomic mass is 19.1. The maximum atomic E-state index is 15.1. The molecule has 2 aromatic heterocycles. The quantitative estimate of drug-likeness (QED) is 0.310. The summed E-state index contributed by atoms with van der Waals surface area (Å²) in [6.45, 7) is 7.61. The van der Waals surface area contributed by atoms with Crippen molar-refractivity contribution in [2.75, 3.05) is 24.6 Å². The topological polar surface area (TPSA) is 89.2 Å². The molecule has 1 saturated heterocycles. The average molecular weight is 557 g/mol. The number of aliphatic carboxylic acids is 1. The number of fused-ring (bicyclic) bond motifs is 6. The van der Waals surface area contributed by atoms with Crippen molar-refractivity contribution in [2.45, 2.75) is 51.7 Å². The second-order valence-corrected chi connectivity index (χ2v) is 11.1. The predicted molar refractivity (Wildman–Crippen MR) is 155 cm³/mol. The first kappa shape index (κ1) is 27.0. The summed E-state index contributed by atoms with van der Waals surface area (Å²) in [5.74, 6) is -0.406. The van der Waals surface area contributed by atoms with Crippen LogP contribution in [0.4, 0.5) is 10.2 Å². The Morgan fingerprint density at radius 3 is 2.68 bits per heavy atom. The molecule has 1 atom stereocenters. The maximum Gasteiger partial charge on any atom is 0.308 e. The first-order valence-electron chi connectivity index (χ1n) is 13.9. The first-order valence-corrected chi connectivity index (χ1v) is 13.9. The second-order valence-electron chi connectivity index (χ2n) is 11.1. The third-order valence-electron chi connectivity index (χ3n) is 8.00. The van der Waals surface area contributed by atoms with Crippen molar-refractivity contribution in [3.05, 3.63) is 77.8 Å². The number of carboxylic acid groups (broad SMARTS) is 1. The number of carbonyl (C=O) groups is 1. The highest BCUT2D eigenvalue weighted by Gasteiger charge is 2.33. The fourth-order valence-electron chi connectivity index (χ4n) is 5.72. The van der Waals surface area contributed by atoms with Crippen molar-refractivity contribution in [3.63, 3.8) is 0 Å². The number of aromatic nitrogens is 3. The van der Waals surface area contributed by atoms with Gasteiger partial charge >= 0.3 is 5.97 Å². The van der Waals surface area contributed by atoms with E-state index in [4.69, 9.17) is 19.6 Å². The van der Waals surface area contributed by atoms with Gasteiger partial charge in [0.2, 0.25) is 0 Å². The van der Waals surface area contributed by atoms with Crippen LogP contribution in [0, 0.1) is 12.7 Å². The molecule has 4 aromatic rings. The summed E-state index contributed by atoms with van der Waals surface area (Å²) in [6, 6.07) is 14.6. The molecule has 3 aliphatic heterocycles. The van der Waals surface area contributed by atoms with E-state index in [1.54, 1.807) is 10.6 Å². The van der Waals surface area contributed by atoms with Gasteiger partial charge in [0.1, 0.15) is 11.9 Å².